The summed E-state index contributed by atoms with van der Waals surface area (Å²) in [5.74, 6) is -0.200. The number of hydrogen-bond acceptors (Lipinski definition) is 6. The van der Waals surface area contributed by atoms with Crippen LogP contribution in [0.25, 0.3) is 0 Å². The first-order chi connectivity index (χ1) is 12.1. The molecule has 1 radical (unpaired) electrons. The van der Waals surface area contributed by atoms with E-state index in [1.807, 2.05) is 4.81 Å². The number of halogens is 1. The molecule has 1 aliphatic carbocycles. The lowest BCUT2D eigenvalue weighted by Gasteiger charge is -2.34. The number of methoxy groups -OCH3 is 1. The number of nitrogens with zero attached hydrogens (tertiary/aromatic N) is 4. The van der Waals surface area contributed by atoms with Crippen LogP contribution >= 0.6 is 0 Å². The van der Waals surface area contributed by atoms with Gasteiger partial charge in [0.25, 0.3) is 7.41 Å². The van der Waals surface area contributed by atoms with Crippen molar-refractivity contribution in [3.8, 4) is 0 Å². The van der Waals surface area contributed by atoms with Crippen LogP contribution in [0.2, 0.25) is 0 Å². The fourth-order valence-corrected chi connectivity index (χ4v) is 3.77. The number of ether oxygens (including phenoxy) is 1. The molecule has 3 rings (SSSR count). The predicted octanol–water partition coefficient (Wildman–Crippen LogP) is 1.25. The highest BCUT2D eigenvalue weighted by Crippen LogP contribution is 2.37. The first-order valence-corrected chi connectivity index (χ1v) is 8.77. The molecule has 0 amide bonds. The van der Waals surface area contributed by atoms with Gasteiger partial charge in [0, 0.05) is 0 Å². The Morgan fingerprint density at radius 2 is 2.04 bits per heavy atom. The van der Waals surface area contributed by atoms with E-state index < -0.39 is 5.67 Å². The number of aromatic nitrogens is 3. The Balaban J connectivity index is 1.59. The van der Waals surface area contributed by atoms with Crippen LogP contribution in [0.3, 0.4) is 0 Å². The first kappa shape index (κ1) is 18.0. The van der Waals surface area contributed by atoms with Gasteiger partial charge in [0.2, 0.25) is 0 Å². The third kappa shape index (κ3) is 3.91. The number of rotatable bonds is 5. The van der Waals surface area contributed by atoms with Crippen LogP contribution in [0, 0.1) is 5.92 Å². The molecule has 0 bridgehead atoms. The van der Waals surface area contributed by atoms with Crippen molar-refractivity contribution in [3.63, 3.8) is 0 Å². The van der Waals surface area contributed by atoms with Crippen LogP contribution in [0.4, 0.5) is 4.39 Å². The van der Waals surface area contributed by atoms with Gasteiger partial charge in [-0.15, -0.1) is 5.10 Å². The molecule has 1 saturated heterocycles. The molecule has 1 aromatic rings. The average Bonchev–Trinajstić information content (AvgIpc) is 3.14. The lowest BCUT2D eigenvalue weighted by atomic mass is 9.84. The van der Waals surface area contributed by atoms with E-state index in [1.165, 1.54) is 14.5 Å². The van der Waals surface area contributed by atoms with Crippen molar-refractivity contribution in [3.05, 3.63) is 11.9 Å². The number of esters is 1. The molecule has 0 aromatic carbocycles. The zero-order chi connectivity index (χ0) is 17.9. The van der Waals surface area contributed by atoms with E-state index in [2.05, 4.69) is 10.3 Å². The zero-order valence-corrected chi connectivity index (χ0v) is 14.4. The summed E-state index contributed by atoms with van der Waals surface area (Å²) in [6, 6.07) is 0.147. The smallest absolute Gasteiger partial charge is 0.308 e. The average molecular weight is 349 g/mol. The second-order valence-corrected chi connectivity index (χ2v) is 6.90. The van der Waals surface area contributed by atoms with Gasteiger partial charge in [-0.05, 0) is 51.6 Å². The van der Waals surface area contributed by atoms with E-state index in [0.717, 1.165) is 31.9 Å². The van der Waals surface area contributed by atoms with Crippen molar-refractivity contribution >= 4 is 19.6 Å². The Bertz CT molecular complexity index is 610. The van der Waals surface area contributed by atoms with E-state index in [4.69, 9.17) is 4.74 Å². The number of alkyl halides is 1. The molecular formula is C16H23BFN4O3. The van der Waals surface area contributed by atoms with Gasteiger partial charge >= 0.3 is 5.97 Å². The maximum absolute atomic E-state index is 15.2. The quantitative estimate of drug-likeness (QED) is 0.452. The van der Waals surface area contributed by atoms with Crippen LogP contribution in [-0.4, -0.2) is 59.6 Å². The lowest BCUT2D eigenvalue weighted by Crippen LogP contribution is -2.42. The van der Waals surface area contributed by atoms with E-state index in [-0.39, 0.29) is 17.9 Å². The van der Waals surface area contributed by atoms with Crippen molar-refractivity contribution in [1.82, 2.24) is 19.8 Å². The van der Waals surface area contributed by atoms with Gasteiger partial charge in [0.15, 0.2) is 5.67 Å². The molecule has 1 aliphatic heterocycles. The van der Waals surface area contributed by atoms with Gasteiger partial charge in [-0.1, -0.05) is 5.21 Å². The Labute approximate surface area is 147 Å². The first-order valence-electron chi connectivity index (χ1n) is 8.77. The Morgan fingerprint density at radius 1 is 1.36 bits per heavy atom. The third-order valence-corrected chi connectivity index (χ3v) is 5.44. The molecule has 0 N–H and O–H groups in total. The molecule has 7 nitrogen and oxygen atoms in total. The number of piperidine rings is 1. The topological polar surface area (TPSA) is 77.3 Å². The Kier molecular flexibility index (Phi) is 5.51. The summed E-state index contributed by atoms with van der Waals surface area (Å²) in [4.78, 5) is 23.9. The molecule has 0 atom stereocenters. The van der Waals surface area contributed by atoms with E-state index in [9.17, 15) is 9.59 Å². The number of carbonyl (C=O) groups excluding carboxylic acids is 2. The van der Waals surface area contributed by atoms with Crippen molar-refractivity contribution in [2.45, 2.75) is 50.2 Å². The largest absolute Gasteiger partial charge is 0.469 e. The summed E-state index contributed by atoms with van der Waals surface area (Å²) >= 11 is 0. The molecule has 25 heavy (non-hydrogen) atoms. The van der Waals surface area contributed by atoms with Gasteiger partial charge in [-0.3, -0.25) is 4.79 Å². The normalized spacial score (nSPS) is 26.8. The van der Waals surface area contributed by atoms with Crippen LogP contribution in [0.5, 0.6) is 0 Å². The van der Waals surface area contributed by atoms with Crippen LogP contribution in [0.1, 0.15) is 50.3 Å². The van der Waals surface area contributed by atoms with Crippen molar-refractivity contribution in [1.29, 1.82) is 0 Å². The number of hydrogen-bond donors (Lipinski definition) is 0. The van der Waals surface area contributed by atoms with Crippen molar-refractivity contribution < 1.29 is 18.7 Å². The molecule has 0 unspecified atom stereocenters. The molecule has 1 aromatic heterocycles. The minimum Gasteiger partial charge on any atom is -0.469 e. The van der Waals surface area contributed by atoms with Gasteiger partial charge < -0.3 is 14.3 Å². The monoisotopic (exact) mass is 349 g/mol. The maximum atomic E-state index is 15.2. The fourth-order valence-electron chi connectivity index (χ4n) is 3.77. The summed E-state index contributed by atoms with van der Waals surface area (Å²) in [6.07, 6.45) is 6.16. The van der Waals surface area contributed by atoms with Crippen molar-refractivity contribution in [2.24, 2.45) is 5.92 Å². The van der Waals surface area contributed by atoms with Crippen LogP contribution in [-0.2, 0) is 20.0 Å². The molecule has 2 aliphatic rings. The highest BCUT2D eigenvalue weighted by atomic mass is 19.1. The zero-order valence-electron chi connectivity index (χ0n) is 14.4. The minimum absolute atomic E-state index is 0.0462. The standard InChI is InChI=1S/C16H23BFN4O3/c1-25-15(24)12-2-4-13(5-3-12)22-10-14(19-20-22)16(18)6-8-21(9-7-16)17-11-23/h10-13H,2-9H2,1H3. The Morgan fingerprint density at radius 3 is 2.64 bits per heavy atom. The fraction of sp³-hybridized carbons (Fsp3) is 0.750. The molecule has 9 heteroatoms. The van der Waals surface area contributed by atoms with Gasteiger partial charge in [-0.2, -0.15) is 0 Å². The van der Waals surface area contributed by atoms with Gasteiger partial charge in [0.1, 0.15) is 5.69 Å². The summed E-state index contributed by atoms with van der Waals surface area (Å²) in [7, 11) is 2.87. The highest BCUT2D eigenvalue weighted by Gasteiger charge is 2.39. The van der Waals surface area contributed by atoms with Crippen molar-refractivity contribution in [2.75, 3.05) is 20.2 Å². The third-order valence-electron chi connectivity index (χ3n) is 5.44. The molecular weight excluding hydrogens is 326 g/mol. The van der Waals surface area contributed by atoms with Crippen LogP contribution in [0.15, 0.2) is 6.20 Å². The van der Waals surface area contributed by atoms with Gasteiger partial charge in [0.05, 0.1) is 31.5 Å². The molecule has 1 saturated carbocycles. The van der Waals surface area contributed by atoms with Gasteiger partial charge in [-0.25, -0.2) is 9.07 Å². The lowest BCUT2D eigenvalue weighted by molar-refractivity contribution is -0.146. The Hall–Kier alpha value is -1.77. The van der Waals surface area contributed by atoms with E-state index in [0.29, 0.717) is 31.6 Å². The predicted molar refractivity (Wildman–Crippen MR) is 89.1 cm³/mol. The number of carbonyl (C=O) groups is 2. The summed E-state index contributed by atoms with van der Waals surface area (Å²) < 4.78 is 21.8. The minimum atomic E-state index is -1.49. The van der Waals surface area contributed by atoms with E-state index >= 15 is 4.39 Å². The SMILES string of the molecule is COC(=O)C1CCC(n2cc(C3(F)CCN([B]C=O)CC3)nn2)CC1. The maximum Gasteiger partial charge on any atom is 0.308 e. The molecule has 2 fully saturated rings. The summed E-state index contributed by atoms with van der Waals surface area (Å²) in [6.45, 7) is 0.985. The highest BCUT2D eigenvalue weighted by molar-refractivity contribution is 6.64. The molecule has 0 spiro atoms. The summed E-state index contributed by atoms with van der Waals surface area (Å²) in [5, 5.41) is 8.21. The van der Waals surface area contributed by atoms with E-state index in [1.54, 1.807) is 10.9 Å². The van der Waals surface area contributed by atoms with Crippen LogP contribution < -0.4 is 0 Å². The second-order valence-electron chi connectivity index (χ2n) is 6.90. The summed E-state index contributed by atoms with van der Waals surface area (Å²) in [5.41, 5.74) is -1.12. The molecule has 2 heterocycles. The second kappa shape index (κ2) is 7.64. The molecule has 135 valence electrons.